The molecule has 1 heterocycles. The van der Waals surface area contributed by atoms with Crippen molar-refractivity contribution < 1.29 is 4.79 Å². The second kappa shape index (κ2) is 4.25. The van der Waals surface area contributed by atoms with Crippen LogP contribution in [0.1, 0.15) is 5.69 Å². The van der Waals surface area contributed by atoms with E-state index < -0.39 is 0 Å². The molecule has 0 unspecified atom stereocenters. The molecule has 0 bridgehead atoms. The molecule has 12 heavy (non-hydrogen) atoms. The Hall–Kier alpha value is -0.840. The summed E-state index contributed by atoms with van der Waals surface area (Å²) in [6, 6.07) is 1.93. The summed E-state index contributed by atoms with van der Waals surface area (Å²) in [4.78, 5) is 9.94. The van der Waals surface area contributed by atoms with Crippen molar-refractivity contribution in [3.05, 3.63) is 16.4 Å². The Bertz CT molecular complexity index is 272. The van der Waals surface area contributed by atoms with Gasteiger partial charge in [-0.1, -0.05) is 0 Å². The average molecular weight is 232 g/mol. The molecule has 0 radical (unpaired) electrons. The van der Waals surface area contributed by atoms with E-state index in [-0.39, 0.29) is 0 Å². The average Bonchev–Trinajstić information content (AvgIpc) is 2.31. The fourth-order valence-corrected chi connectivity index (χ4v) is 1.45. The van der Waals surface area contributed by atoms with Gasteiger partial charge in [-0.05, 0) is 28.9 Å². The van der Waals surface area contributed by atoms with Crippen LogP contribution < -0.4 is 5.32 Å². The fraction of sp³-hybridized carbons (Fsp3) is 0.429. The van der Waals surface area contributed by atoms with Gasteiger partial charge < -0.3 is 5.32 Å². The van der Waals surface area contributed by atoms with Crippen LogP contribution in [0.3, 0.4) is 0 Å². The Kier molecular flexibility index (Phi) is 3.28. The maximum atomic E-state index is 9.94. The number of carbonyl (C=O) groups is 1. The molecule has 0 aliphatic rings. The van der Waals surface area contributed by atoms with Crippen molar-refractivity contribution in [2.75, 3.05) is 6.54 Å². The van der Waals surface area contributed by atoms with E-state index in [2.05, 4.69) is 26.3 Å². The van der Waals surface area contributed by atoms with Crippen molar-refractivity contribution >= 4 is 22.3 Å². The highest BCUT2D eigenvalue weighted by molar-refractivity contribution is 9.10. The van der Waals surface area contributed by atoms with E-state index in [0.717, 1.165) is 10.3 Å². The molecule has 66 valence electrons. The van der Waals surface area contributed by atoms with Gasteiger partial charge in [-0.25, -0.2) is 0 Å². The van der Waals surface area contributed by atoms with Gasteiger partial charge in [-0.15, -0.1) is 0 Å². The van der Waals surface area contributed by atoms with Gasteiger partial charge in [0, 0.05) is 12.2 Å². The first-order valence-corrected chi connectivity index (χ1v) is 4.40. The number of halogens is 1. The van der Waals surface area contributed by atoms with E-state index in [4.69, 9.17) is 0 Å². The predicted octanol–water partition coefficient (Wildman–Crippen LogP) is 0.700. The molecule has 0 atom stereocenters. The molecule has 0 aliphatic heterocycles. The lowest BCUT2D eigenvalue weighted by Crippen LogP contribution is -2.19. The highest BCUT2D eigenvalue weighted by Crippen LogP contribution is 2.08. The molecule has 1 aromatic heterocycles. The second-order valence-electron chi connectivity index (χ2n) is 2.40. The number of hydrogen-bond acceptors (Lipinski definition) is 2. The van der Waals surface area contributed by atoms with E-state index in [1.165, 1.54) is 0 Å². The number of aromatic nitrogens is 2. The van der Waals surface area contributed by atoms with Crippen molar-refractivity contribution in [1.82, 2.24) is 15.1 Å². The van der Waals surface area contributed by atoms with Crippen molar-refractivity contribution in [2.24, 2.45) is 0 Å². The monoisotopic (exact) mass is 231 g/mol. The highest BCUT2D eigenvalue weighted by Gasteiger charge is 1.99. The first kappa shape index (κ1) is 9.25. The number of nitrogens with zero attached hydrogens (tertiary/aromatic N) is 2. The molecule has 0 saturated heterocycles. The summed E-state index contributed by atoms with van der Waals surface area (Å²) < 4.78 is 2.66. The molecule has 0 aliphatic carbocycles. The number of amides is 1. The predicted molar refractivity (Wildman–Crippen MR) is 48.7 cm³/mol. The third-order valence-electron chi connectivity index (χ3n) is 1.50. The van der Waals surface area contributed by atoms with Gasteiger partial charge in [0.15, 0.2) is 0 Å². The van der Waals surface area contributed by atoms with E-state index >= 15 is 0 Å². The minimum absolute atomic E-state index is 0.610. The summed E-state index contributed by atoms with van der Waals surface area (Å²) in [5.74, 6) is 0. The minimum Gasteiger partial charge on any atom is -0.357 e. The maximum Gasteiger partial charge on any atom is 0.207 e. The minimum atomic E-state index is 0.610. The fourth-order valence-electron chi connectivity index (χ4n) is 0.926. The quantitative estimate of drug-likeness (QED) is 0.613. The van der Waals surface area contributed by atoms with Crippen LogP contribution in [0.2, 0.25) is 0 Å². The van der Waals surface area contributed by atoms with Crippen molar-refractivity contribution in [3.8, 4) is 0 Å². The molecule has 0 aromatic carbocycles. The normalized spacial score (nSPS) is 9.83. The summed E-state index contributed by atoms with van der Waals surface area (Å²) in [5, 5.41) is 6.74. The van der Waals surface area contributed by atoms with Crippen LogP contribution >= 0.6 is 15.9 Å². The van der Waals surface area contributed by atoms with E-state index in [1.54, 1.807) is 0 Å². The summed E-state index contributed by atoms with van der Waals surface area (Å²) >= 11 is 3.27. The summed E-state index contributed by atoms with van der Waals surface area (Å²) in [7, 11) is 0. The maximum absolute atomic E-state index is 9.94. The molecule has 1 amide bonds. The van der Waals surface area contributed by atoms with Crippen LogP contribution in [0.25, 0.3) is 0 Å². The standard InChI is InChI=1S/C7H10BrN3O/c1-6-4-7(8)10-11(6)3-2-9-5-12/h4-5H,2-3H2,1H3,(H,9,12). The summed E-state index contributed by atoms with van der Waals surface area (Å²) in [5.41, 5.74) is 1.08. The Labute approximate surface area is 79.1 Å². The summed E-state index contributed by atoms with van der Waals surface area (Å²) in [6.45, 7) is 3.29. The van der Waals surface area contributed by atoms with Crippen LogP contribution in [-0.2, 0) is 11.3 Å². The molecular weight excluding hydrogens is 222 g/mol. The lowest BCUT2D eigenvalue weighted by atomic mass is 10.5. The van der Waals surface area contributed by atoms with Gasteiger partial charge in [0.25, 0.3) is 0 Å². The highest BCUT2D eigenvalue weighted by atomic mass is 79.9. The van der Waals surface area contributed by atoms with Crippen LogP contribution in [-0.4, -0.2) is 22.7 Å². The number of nitrogens with one attached hydrogen (secondary N) is 1. The van der Waals surface area contributed by atoms with Gasteiger partial charge in [0.05, 0.1) is 6.54 Å². The molecule has 0 saturated carbocycles. The molecule has 4 nitrogen and oxygen atoms in total. The molecule has 0 spiro atoms. The van der Waals surface area contributed by atoms with Crippen LogP contribution in [0.5, 0.6) is 0 Å². The molecule has 1 rings (SSSR count). The molecule has 1 N–H and O–H groups in total. The van der Waals surface area contributed by atoms with Gasteiger partial charge >= 0.3 is 0 Å². The first-order valence-electron chi connectivity index (χ1n) is 3.61. The van der Waals surface area contributed by atoms with E-state index in [0.29, 0.717) is 19.5 Å². The Morgan fingerprint density at radius 2 is 2.58 bits per heavy atom. The third-order valence-corrected chi connectivity index (χ3v) is 1.89. The zero-order chi connectivity index (χ0) is 8.97. The molecule has 0 fully saturated rings. The Balaban J connectivity index is 2.50. The smallest absolute Gasteiger partial charge is 0.207 e. The van der Waals surface area contributed by atoms with Crippen LogP contribution in [0.4, 0.5) is 0 Å². The SMILES string of the molecule is Cc1cc(Br)nn1CCNC=O. The molecular formula is C7H10BrN3O. The zero-order valence-electron chi connectivity index (χ0n) is 6.75. The van der Waals surface area contributed by atoms with Gasteiger partial charge in [0.1, 0.15) is 4.60 Å². The van der Waals surface area contributed by atoms with Crippen LogP contribution in [0.15, 0.2) is 10.7 Å². The van der Waals surface area contributed by atoms with Crippen molar-refractivity contribution in [3.63, 3.8) is 0 Å². The van der Waals surface area contributed by atoms with Gasteiger partial charge in [0.2, 0.25) is 6.41 Å². The van der Waals surface area contributed by atoms with Crippen molar-refractivity contribution in [1.29, 1.82) is 0 Å². The van der Waals surface area contributed by atoms with E-state index in [9.17, 15) is 4.79 Å². The second-order valence-corrected chi connectivity index (χ2v) is 3.22. The number of aryl methyl sites for hydroxylation is 1. The zero-order valence-corrected chi connectivity index (χ0v) is 8.34. The van der Waals surface area contributed by atoms with E-state index in [1.807, 2.05) is 17.7 Å². The Morgan fingerprint density at radius 1 is 1.83 bits per heavy atom. The summed E-state index contributed by atoms with van der Waals surface area (Å²) in [6.07, 6.45) is 0.688. The van der Waals surface area contributed by atoms with Gasteiger partial charge in [-0.2, -0.15) is 5.10 Å². The lowest BCUT2D eigenvalue weighted by Gasteiger charge is -2.01. The lowest BCUT2D eigenvalue weighted by molar-refractivity contribution is -0.109. The van der Waals surface area contributed by atoms with Crippen LogP contribution in [0, 0.1) is 6.92 Å². The first-order chi connectivity index (χ1) is 5.74. The molecule has 1 aromatic rings. The molecule has 5 heteroatoms. The number of hydrogen-bond donors (Lipinski definition) is 1. The Morgan fingerprint density at radius 3 is 3.08 bits per heavy atom. The largest absolute Gasteiger partial charge is 0.357 e. The topological polar surface area (TPSA) is 46.9 Å². The number of carbonyl (C=O) groups excluding carboxylic acids is 1. The van der Waals surface area contributed by atoms with Gasteiger partial charge in [-0.3, -0.25) is 9.48 Å². The third kappa shape index (κ3) is 2.34. The number of rotatable bonds is 4. The van der Waals surface area contributed by atoms with Crippen molar-refractivity contribution in [2.45, 2.75) is 13.5 Å².